The fourth-order valence-corrected chi connectivity index (χ4v) is 6.77. The van der Waals surface area contributed by atoms with Crippen LogP contribution in [0.1, 0.15) is 49.7 Å². The number of carbonyl (C=O) groups is 1. The van der Waals surface area contributed by atoms with Gasteiger partial charge in [-0.05, 0) is 67.6 Å². The monoisotopic (exact) mass is 564 g/mol. The van der Waals surface area contributed by atoms with Gasteiger partial charge in [0.2, 0.25) is 0 Å². The van der Waals surface area contributed by atoms with E-state index in [1.807, 2.05) is 13.0 Å². The number of anilines is 1. The predicted octanol–water partition coefficient (Wildman–Crippen LogP) is 3.60. The lowest BCUT2D eigenvalue weighted by atomic mass is 9.91. The van der Waals surface area contributed by atoms with Gasteiger partial charge in [-0.1, -0.05) is 0 Å². The predicted molar refractivity (Wildman–Crippen MR) is 140 cm³/mol. The fourth-order valence-electron chi connectivity index (χ4n) is 5.31. The summed E-state index contributed by atoms with van der Waals surface area (Å²) < 4.78 is 68.4. The van der Waals surface area contributed by atoms with E-state index in [0.29, 0.717) is 62.0 Å². The Morgan fingerprint density at radius 3 is 2.29 bits per heavy atom. The molecule has 2 heterocycles. The standard InChI is InChI=1S/C26H32N2O8S2/c1-3-35-23-15-24(37(2,30)31)22(18-4-5-18)14-19(23)16-27-12-10-26(11-13-27)17-28(25(29)36-26)20-6-8-21(9-7-20)38(32,33)34/h6-9,14-15,18H,3-5,10-13,16-17H2,1-2H3,(H,32,33,34). The molecule has 0 atom stereocenters. The minimum absolute atomic E-state index is 0.238. The molecule has 3 fully saturated rings. The molecule has 10 nitrogen and oxygen atoms in total. The van der Waals surface area contributed by atoms with Gasteiger partial charge in [0.25, 0.3) is 10.1 Å². The van der Waals surface area contributed by atoms with E-state index in [4.69, 9.17) is 9.47 Å². The van der Waals surface area contributed by atoms with Crippen LogP contribution in [0.3, 0.4) is 0 Å². The van der Waals surface area contributed by atoms with Crippen molar-refractivity contribution >= 4 is 31.7 Å². The first-order valence-corrected chi connectivity index (χ1v) is 16.0. The van der Waals surface area contributed by atoms with Gasteiger partial charge in [-0.15, -0.1) is 0 Å². The molecule has 1 saturated carbocycles. The second-order valence-electron chi connectivity index (χ2n) is 10.4. The number of amides is 1. The maximum atomic E-state index is 12.7. The molecular weight excluding hydrogens is 532 g/mol. The van der Waals surface area contributed by atoms with Crippen LogP contribution in [0.2, 0.25) is 0 Å². The van der Waals surface area contributed by atoms with E-state index in [0.717, 1.165) is 24.0 Å². The summed E-state index contributed by atoms with van der Waals surface area (Å²) in [6, 6.07) is 9.14. The number of benzene rings is 2. The van der Waals surface area contributed by atoms with E-state index >= 15 is 0 Å². The number of hydrogen-bond acceptors (Lipinski definition) is 8. The van der Waals surface area contributed by atoms with Crippen molar-refractivity contribution in [3.63, 3.8) is 0 Å². The quantitative estimate of drug-likeness (QED) is 0.478. The van der Waals surface area contributed by atoms with E-state index in [2.05, 4.69) is 4.90 Å². The summed E-state index contributed by atoms with van der Waals surface area (Å²) >= 11 is 0. The minimum atomic E-state index is -4.32. The smallest absolute Gasteiger partial charge is 0.415 e. The average molecular weight is 565 g/mol. The summed E-state index contributed by atoms with van der Waals surface area (Å²) in [4.78, 5) is 16.6. The van der Waals surface area contributed by atoms with E-state index in [1.54, 1.807) is 6.07 Å². The van der Waals surface area contributed by atoms with Crippen molar-refractivity contribution < 1.29 is 35.7 Å². The number of carbonyl (C=O) groups excluding carboxylic acids is 1. The van der Waals surface area contributed by atoms with Gasteiger partial charge < -0.3 is 9.47 Å². The molecule has 2 aliphatic heterocycles. The Morgan fingerprint density at radius 1 is 1.08 bits per heavy atom. The van der Waals surface area contributed by atoms with Crippen LogP contribution >= 0.6 is 0 Å². The van der Waals surface area contributed by atoms with Crippen LogP contribution in [0.25, 0.3) is 0 Å². The number of rotatable bonds is 8. The summed E-state index contributed by atoms with van der Waals surface area (Å²) in [6.45, 7) is 4.62. The van der Waals surface area contributed by atoms with Crippen LogP contribution in [-0.4, -0.2) is 70.5 Å². The van der Waals surface area contributed by atoms with Gasteiger partial charge in [-0.2, -0.15) is 8.42 Å². The molecule has 2 saturated heterocycles. The number of likely N-dealkylation sites (tertiary alicyclic amines) is 1. The summed E-state index contributed by atoms with van der Waals surface area (Å²) in [5, 5.41) is 0. The molecule has 5 rings (SSSR count). The Morgan fingerprint density at radius 2 is 1.74 bits per heavy atom. The highest BCUT2D eigenvalue weighted by Gasteiger charge is 2.47. The molecule has 2 aromatic carbocycles. The zero-order chi connectivity index (χ0) is 27.3. The van der Waals surface area contributed by atoms with Crippen molar-refractivity contribution in [2.75, 3.05) is 37.4 Å². The van der Waals surface area contributed by atoms with Crippen LogP contribution in [0, 0.1) is 0 Å². The highest BCUT2D eigenvalue weighted by Crippen LogP contribution is 2.45. The molecule has 12 heteroatoms. The third-order valence-corrected chi connectivity index (χ3v) is 9.51. The molecule has 0 unspecified atom stereocenters. The van der Waals surface area contributed by atoms with Gasteiger partial charge in [0.1, 0.15) is 11.4 Å². The normalized spacial score (nSPS) is 20.1. The first-order chi connectivity index (χ1) is 17.9. The van der Waals surface area contributed by atoms with Gasteiger partial charge in [0.15, 0.2) is 9.84 Å². The lowest BCUT2D eigenvalue weighted by Gasteiger charge is -2.37. The number of nitrogens with zero attached hydrogens (tertiary/aromatic N) is 2. The zero-order valence-electron chi connectivity index (χ0n) is 21.4. The molecule has 1 N–H and O–H groups in total. The molecule has 2 aromatic rings. The van der Waals surface area contributed by atoms with Crippen LogP contribution in [0.15, 0.2) is 46.2 Å². The summed E-state index contributed by atoms with van der Waals surface area (Å²) in [6.07, 6.45) is 3.98. The van der Waals surface area contributed by atoms with Crippen molar-refractivity contribution in [2.24, 2.45) is 0 Å². The zero-order valence-corrected chi connectivity index (χ0v) is 23.1. The number of piperidine rings is 1. The second-order valence-corrected chi connectivity index (χ2v) is 13.8. The lowest BCUT2D eigenvalue weighted by molar-refractivity contribution is -0.00112. The molecule has 3 aliphatic rings. The maximum Gasteiger partial charge on any atom is 0.415 e. The highest BCUT2D eigenvalue weighted by molar-refractivity contribution is 7.90. The number of ether oxygens (including phenoxy) is 2. The fraction of sp³-hybridized carbons (Fsp3) is 0.500. The summed E-state index contributed by atoms with van der Waals surface area (Å²) in [7, 11) is -7.69. The Labute approximate surface area is 223 Å². The SMILES string of the molecule is CCOc1cc(S(C)(=O)=O)c(C2CC2)cc1CN1CCC2(CC1)CN(c1ccc(S(=O)(=O)O)cc1)C(=O)O2. The summed E-state index contributed by atoms with van der Waals surface area (Å²) in [5.41, 5.74) is 1.69. The van der Waals surface area contributed by atoms with E-state index in [-0.39, 0.29) is 10.8 Å². The Bertz CT molecular complexity index is 1440. The molecule has 0 aromatic heterocycles. The Hall–Kier alpha value is -2.67. The minimum Gasteiger partial charge on any atom is -0.494 e. The van der Waals surface area contributed by atoms with Crippen LogP contribution in [0.4, 0.5) is 10.5 Å². The molecule has 1 spiro atoms. The van der Waals surface area contributed by atoms with E-state index in [9.17, 15) is 26.2 Å². The molecular formula is C26H32N2O8S2. The van der Waals surface area contributed by atoms with Crippen LogP contribution < -0.4 is 9.64 Å². The number of sulfone groups is 1. The van der Waals surface area contributed by atoms with Crippen LogP contribution in [-0.2, 0) is 31.2 Å². The first kappa shape index (κ1) is 26.9. The van der Waals surface area contributed by atoms with E-state index < -0.39 is 31.6 Å². The van der Waals surface area contributed by atoms with Crippen molar-refractivity contribution in [2.45, 2.75) is 60.5 Å². The van der Waals surface area contributed by atoms with Gasteiger partial charge in [-0.25, -0.2) is 13.2 Å². The third kappa shape index (κ3) is 5.54. The summed E-state index contributed by atoms with van der Waals surface area (Å²) in [5.74, 6) is 0.860. The first-order valence-electron chi connectivity index (χ1n) is 12.7. The molecule has 1 aliphatic carbocycles. The topological polar surface area (TPSA) is 131 Å². The van der Waals surface area contributed by atoms with Gasteiger partial charge >= 0.3 is 6.09 Å². The third-order valence-electron chi connectivity index (χ3n) is 7.49. The average Bonchev–Trinajstić information content (AvgIpc) is 3.64. The molecule has 0 radical (unpaired) electrons. The molecule has 206 valence electrons. The molecule has 1 amide bonds. The maximum absolute atomic E-state index is 12.7. The van der Waals surface area contributed by atoms with Gasteiger partial charge in [0, 0.05) is 50.0 Å². The number of hydrogen-bond donors (Lipinski definition) is 1. The molecule has 0 bridgehead atoms. The lowest BCUT2D eigenvalue weighted by Crippen LogP contribution is -2.46. The van der Waals surface area contributed by atoms with Crippen molar-refractivity contribution in [3.05, 3.63) is 47.5 Å². The van der Waals surface area contributed by atoms with Gasteiger partial charge in [-0.3, -0.25) is 14.4 Å². The second kappa shape index (κ2) is 9.82. The van der Waals surface area contributed by atoms with Crippen molar-refractivity contribution in [1.29, 1.82) is 0 Å². The largest absolute Gasteiger partial charge is 0.494 e. The Balaban J connectivity index is 1.29. The van der Waals surface area contributed by atoms with Gasteiger partial charge in [0.05, 0.1) is 22.9 Å². The van der Waals surface area contributed by atoms with Crippen molar-refractivity contribution in [1.82, 2.24) is 4.90 Å². The van der Waals surface area contributed by atoms with Crippen molar-refractivity contribution in [3.8, 4) is 5.75 Å². The molecule has 38 heavy (non-hydrogen) atoms. The van der Waals surface area contributed by atoms with Crippen LogP contribution in [0.5, 0.6) is 5.75 Å². The van der Waals surface area contributed by atoms with E-state index in [1.165, 1.54) is 35.4 Å². The Kier molecular flexibility index (Phi) is 6.95. The highest BCUT2D eigenvalue weighted by atomic mass is 32.2.